The summed E-state index contributed by atoms with van der Waals surface area (Å²) < 4.78 is 32.3. The van der Waals surface area contributed by atoms with Gasteiger partial charge in [0.2, 0.25) is 10.0 Å². The van der Waals surface area contributed by atoms with Crippen LogP contribution in [0.15, 0.2) is 29.2 Å². The van der Waals surface area contributed by atoms with Crippen molar-refractivity contribution < 1.29 is 18.1 Å². The number of non-ortho nitro benzene ring substituents is 1. The van der Waals surface area contributed by atoms with Crippen LogP contribution in [0.4, 0.5) is 5.69 Å². The lowest BCUT2D eigenvalue weighted by Crippen LogP contribution is -2.53. The van der Waals surface area contributed by atoms with E-state index in [9.17, 15) is 18.5 Å². The lowest BCUT2D eigenvalue weighted by Gasteiger charge is -2.40. The molecule has 1 aromatic rings. The molecule has 116 valence electrons. The first-order chi connectivity index (χ1) is 9.62. The predicted molar refractivity (Wildman–Crippen MR) is 76.5 cm³/mol. The summed E-state index contributed by atoms with van der Waals surface area (Å²) in [6.45, 7) is 6.00. The number of morpholine rings is 1. The third kappa shape index (κ3) is 3.39. The zero-order valence-electron chi connectivity index (χ0n) is 12.1. The molecule has 1 fully saturated rings. The minimum absolute atomic E-state index is 0.0537. The second-order valence-electron chi connectivity index (χ2n) is 5.74. The molecule has 0 saturated carbocycles. The van der Waals surface area contributed by atoms with Crippen molar-refractivity contribution in [3.8, 4) is 0 Å². The first kappa shape index (κ1) is 15.9. The molecule has 1 saturated heterocycles. The van der Waals surface area contributed by atoms with Crippen LogP contribution >= 0.6 is 0 Å². The lowest BCUT2D eigenvalue weighted by molar-refractivity contribution is -0.384. The maximum Gasteiger partial charge on any atom is 0.269 e. The number of nitrogens with zero attached hydrogens (tertiary/aromatic N) is 2. The normalized spacial score (nSPS) is 22.9. The molecular weight excluding hydrogens is 296 g/mol. The van der Waals surface area contributed by atoms with Crippen molar-refractivity contribution in [1.29, 1.82) is 0 Å². The first-order valence-electron chi connectivity index (χ1n) is 6.54. The monoisotopic (exact) mass is 314 g/mol. The summed E-state index contributed by atoms with van der Waals surface area (Å²) >= 11 is 0. The Balaban J connectivity index is 2.31. The summed E-state index contributed by atoms with van der Waals surface area (Å²) in [5.74, 6) is 0. The van der Waals surface area contributed by atoms with Crippen molar-refractivity contribution in [3.05, 3.63) is 34.4 Å². The standard InChI is InChI=1S/C13H18N2O5S/c1-10-8-14(9-13(2,3)20-10)21(18,19)12-6-4-11(5-7-12)15(16)17/h4-7,10H,8-9H2,1-3H3. The molecule has 0 spiro atoms. The van der Waals surface area contributed by atoms with Crippen LogP contribution in [0.2, 0.25) is 0 Å². The molecule has 1 aliphatic rings. The number of benzene rings is 1. The molecule has 0 aliphatic carbocycles. The van der Waals surface area contributed by atoms with E-state index in [0.717, 1.165) is 0 Å². The Labute approximate surface area is 123 Å². The minimum atomic E-state index is -3.68. The number of nitro benzene ring substituents is 1. The molecule has 2 rings (SSSR count). The Bertz CT molecular complexity index is 639. The highest BCUT2D eigenvalue weighted by molar-refractivity contribution is 7.89. The van der Waals surface area contributed by atoms with E-state index in [2.05, 4.69) is 0 Å². The summed E-state index contributed by atoms with van der Waals surface area (Å²) in [6.07, 6.45) is -0.207. The van der Waals surface area contributed by atoms with Gasteiger partial charge in [-0.05, 0) is 32.9 Å². The molecule has 0 N–H and O–H groups in total. The Morgan fingerprint density at radius 1 is 1.33 bits per heavy atom. The van der Waals surface area contributed by atoms with Crippen molar-refractivity contribution in [2.45, 2.75) is 37.4 Å². The quantitative estimate of drug-likeness (QED) is 0.626. The van der Waals surface area contributed by atoms with Gasteiger partial charge >= 0.3 is 0 Å². The van der Waals surface area contributed by atoms with Gasteiger partial charge in [-0.1, -0.05) is 0 Å². The van der Waals surface area contributed by atoms with E-state index >= 15 is 0 Å². The molecule has 0 aromatic heterocycles. The van der Waals surface area contributed by atoms with Crippen LogP contribution in [0.3, 0.4) is 0 Å². The number of sulfonamides is 1. The Morgan fingerprint density at radius 2 is 1.90 bits per heavy atom. The molecule has 1 unspecified atom stereocenters. The van der Waals surface area contributed by atoms with E-state index < -0.39 is 20.5 Å². The zero-order chi connectivity index (χ0) is 15.8. The van der Waals surface area contributed by atoms with E-state index in [1.165, 1.54) is 28.6 Å². The van der Waals surface area contributed by atoms with Crippen molar-refractivity contribution in [3.63, 3.8) is 0 Å². The van der Waals surface area contributed by atoms with Gasteiger partial charge in [-0.25, -0.2) is 8.42 Å². The SMILES string of the molecule is CC1CN(S(=O)(=O)c2ccc([N+](=O)[O-])cc2)CC(C)(C)O1. The van der Waals surface area contributed by atoms with Crippen LogP contribution in [-0.4, -0.2) is 42.4 Å². The summed E-state index contributed by atoms with van der Waals surface area (Å²) in [5.41, 5.74) is -0.699. The molecule has 0 amide bonds. The summed E-state index contributed by atoms with van der Waals surface area (Å²) in [4.78, 5) is 10.1. The average Bonchev–Trinajstić information content (AvgIpc) is 2.36. The number of rotatable bonds is 3. The predicted octanol–water partition coefficient (Wildman–Crippen LogP) is 1.78. The van der Waals surface area contributed by atoms with Crippen molar-refractivity contribution >= 4 is 15.7 Å². The lowest BCUT2D eigenvalue weighted by atomic mass is 10.1. The van der Waals surface area contributed by atoms with E-state index in [1.807, 2.05) is 20.8 Å². The van der Waals surface area contributed by atoms with Crippen molar-refractivity contribution in [2.75, 3.05) is 13.1 Å². The third-order valence-corrected chi connectivity index (χ3v) is 5.05. The van der Waals surface area contributed by atoms with E-state index in [-0.39, 0.29) is 29.8 Å². The Kier molecular flexibility index (Phi) is 4.05. The molecule has 7 nitrogen and oxygen atoms in total. The van der Waals surface area contributed by atoms with Gasteiger partial charge in [0.15, 0.2) is 0 Å². The van der Waals surface area contributed by atoms with Crippen LogP contribution in [0.5, 0.6) is 0 Å². The van der Waals surface area contributed by atoms with Crippen LogP contribution in [0.25, 0.3) is 0 Å². The van der Waals surface area contributed by atoms with Gasteiger partial charge in [0.1, 0.15) is 0 Å². The number of hydrogen-bond donors (Lipinski definition) is 0. The van der Waals surface area contributed by atoms with Gasteiger partial charge < -0.3 is 4.74 Å². The third-order valence-electron chi connectivity index (χ3n) is 3.22. The van der Waals surface area contributed by atoms with Crippen LogP contribution in [-0.2, 0) is 14.8 Å². The molecule has 0 bridgehead atoms. The molecule has 1 aromatic carbocycles. The van der Waals surface area contributed by atoms with E-state index in [4.69, 9.17) is 4.74 Å². The van der Waals surface area contributed by atoms with Gasteiger partial charge in [0, 0.05) is 25.2 Å². The highest BCUT2D eigenvalue weighted by atomic mass is 32.2. The van der Waals surface area contributed by atoms with Gasteiger partial charge in [-0.15, -0.1) is 0 Å². The van der Waals surface area contributed by atoms with Crippen molar-refractivity contribution in [1.82, 2.24) is 4.31 Å². The zero-order valence-corrected chi connectivity index (χ0v) is 13.0. The van der Waals surface area contributed by atoms with Gasteiger partial charge in [0.05, 0.1) is 21.5 Å². The second-order valence-corrected chi connectivity index (χ2v) is 7.67. The highest BCUT2D eigenvalue weighted by Crippen LogP contribution is 2.27. The van der Waals surface area contributed by atoms with E-state index in [0.29, 0.717) is 0 Å². The average molecular weight is 314 g/mol. The van der Waals surface area contributed by atoms with Crippen LogP contribution in [0.1, 0.15) is 20.8 Å². The topological polar surface area (TPSA) is 89.8 Å². The largest absolute Gasteiger partial charge is 0.370 e. The Hall–Kier alpha value is -1.51. The molecule has 1 aliphatic heterocycles. The minimum Gasteiger partial charge on any atom is -0.370 e. The Morgan fingerprint density at radius 3 is 2.38 bits per heavy atom. The molecule has 21 heavy (non-hydrogen) atoms. The van der Waals surface area contributed by atoms with Crippen LogP contribution in [0, 0.1) is 10.1 Å². The van der Waals surface area contributed by atoms with Crippen molar-refractivity contribution in [2.24, 2.45) is 0 Å². The molecule has 0 radical (unpaired) electrons. The number of nitro groups is 1. The highest BCUT2D eigenvalue weighted by Gasteiger charge is 2.37. The molecule has 8 heteroatoms. The summed E-state index contributed by atoms with van der Waals surface area (Å²) in [5, 5.41) is 10.6. The summed E-state index contributed by atoms with van der Waals surface area (Å²) in [7, 11) is -3.68. The van der Waals surface area contributed by atoms with Crippen LogP contribution < -0.4 is 0 Å². The smallest absolute Gasteiger partial charge is 0.269 e. The van der Waals surface area contributed by atoms with Gasteiger partial charge in [-0.3, -0.25) is 10.1 Å². The number of hydrogen-bond acceptors (Lipinski definition) is 5. The second kappa shape index (κ2) is 5.36. The maximum absolute atomic E-state index is 12.6. The molecule has 1 atom stereocenters. The molecular formula is C13H18N2O5S. The van der Waals surface area contributed by atoms with Gasteiger partial charge in [-0.2, -0.15) is 4.31 Å². The van der Waals surface area contributed by atoms with Gasteiger partial charge in [0.25, 0.3) is 5.69 Å². The summed E-state index contributed by atoms with van der Waals surface area (Å²) in [6, 6.07) is 4.92. The van der Waals surface area contributed by atoms with E-state index in [1.54, 1.807) is 0 Å². The fourth-order valence-corrected chi connectivity index (χ4v) is 4.13. The number of ether oxygens (including phenoxy) is 1. The fraction of sp³-hybridized carbons (Fsp3) is 0.538. The maximum atomic E-state index is 12.6. The fourth-order valence-electron chi connectivity index (χ4n) is 2.47. The molecule has 1 heterocycles. The first-order valence-corrected chi connectivity index (χ1v) is 7.98.